The zero-order valence-electron chi connectivity index (χ0n) is 54.4. The van der Waals surface area contributed by atoms with Gasteiger partial charge in [-0.3, -0.25) is 33.8 Å². The number of ketones is 2. The molecule has 1 spiro atoms. The number of nitrogens with two attached hydrogens (primary N) is 2. The Labute approximate surface area is 565 Å². The van der Waals surface area contributed by atoms with E-state index >= 15 is 4.79 Å². The summed E-state index contributed by atoms with van der Waals surface area (Å²) in [6.45, 7) is 10.5. The number of halogens is 2. The van der Waals surface area contributed by atoms with Crippen molar-refractivity contribution in [2.24, 2.45) is 45.5 Å². The van der Waals surface area contributed by atoms with E-state index in [-0.39, 0.29) is 128 Å². The van der Waals surface area contributed by atoms with Gasteiger partial charge in [0, 0.05) is 141 Å². The van der Waals surface area contributed by atoms with E-state index in [0.717, 1.165) is 33.2 Å². The van der Waals surface area contributed by atoms with Crippen LogP contribution in [-0.2, 0) is 44.7 Å². The number of anilines is 3. The molecule has 5 aliphatic rings. The molecule has 8 atom stereocenters. The van der Waals surface area contributed by atoms with E-state index < -0.39 is 65.9 Å². The van der Waals surface area contributed by atoms with Gasteiger partial charge in [0.1, 0.15) is 12.4 Å². The maximum absolute atomic E-state index is 15.2. The van der Waals surface area contributed by atoms with Crippen molar-refractivity contribution in [2.45, 2.75) is 123 Å². The molecule has 3 unspecified atom stereocenters. The first-order chi connectivity index (χ1) is 45.0. The number of alkyl halides is 2. The maximum Gasteiger partial charge on any atom is 0.524 e. The van der Waals surface area contributed by atoms with Crippen LogP contribution < -0.4 is 46.5 Å². The van der Waals surface area contributed by atoms with Gasteiger partial charge in [-0.1, -0.05) is 32.4 Å². The molecule has 11 N–H and O–H groups in total. The lowest BCUT2D eigenvalue weighted by Gasteiger charge is -2.37. The molecule has 3 saturated carbocycles. The Hall–Kier alpha value is -7.32. The number of hydrogen-bond donors (Lipinski definition) is 9. The molecule has 10 rings (SSSR count). The van der Waals surface area contributed by atoms with E-state index in [9.17, 15) is 47.9 Å². The van der Waals surface area contributed by atoms with Crippen molar-refractivity contribution in [1.29, 1.82) is 0 Å². The number of nitrogens with zero attached hydrogens (tertiary/aromatic N) is 4. The van der Waals surface area contributed by atoms with Crippen LogP contribution >= 0.6 is 43.2 Å². The molecule has 3 aliphatic carbocycles. The summed E-state index contributed by atoms with van der Waals surface area (Å²) in [6, 6.07) is 8.45. The Morgan fingerprint density at radius 2 is 1.34 bits per heavy atom. The van der Waals surface area contributed by atoms with Crippen molar-refractivity contribution < 1.29 is 66.7 Å². The van der Waals surface area contributed by atoms with E-state index in [0.29, 0.717) is 85.0 Å². The highest BCUT2D eigenvalue weighted by Gasteiger charge is 3.01. The number of benzene rings is 3. The van der Waals surface area contributed by atoms with Gasteiger partial charge in [0.05, 0.1) is 39.3 Å². The van der Waals surface area contributed by atoms with Crippen molar-refractivity contribution in [1.82, 2.24) is 30.4 Å². The lowest BCUT2D eigenvalue weighted by molar-refractivity contribution is -0.134. The van der Waals surface area contributed by atoms with Crippen LogP contribution in [0.5, 0.6) is 11.5 Å². The molecule has 29 heteroatoms. The zero-order valence-corrected chi connectivity index (χ0v) is 57.6. The number of phosphoric acid groups is 1. The number of amides is 7. The maximum atomic E-state index is 15.2. The average Bonchev–Trinajstić information content (AvgIpc) is 1.40. The van der Waals surface area contributed by atoms with Gasteiger partial charge < -0.3 is 75.8 Å². The highest BCUT2D eigenvalue weighted by atomic mass is 35.5. The smallest absolute Gasteiger partial charge is 0.466 e. The van der Waals surface area contributed by atoms with E-state index in [1.807, 2.05) is 20.0 Å². The lowest BCUT2D eigenvalue weighted by atomic mass is 9.72. The second-order valence-corrected chi connectivity index (χ2v) is 29.0. The van der Waals surface area contributed by atoms with E-state index in [1.54, 1.807) is 79.2 Å². The van der Waals surface area contributed by atoms with Gasteiger partial charge >= 0.3 is 19.9 Å². The summed E-state index contributed by atoms with van der Waals surface area (Å²) in [4.78, 5) is 141. The second kappa shape index (κ2) is 28.0. The van der Waals surface area contributed by atoms with Gasteiger partial charge in [0.2, 0.25) is 23.6 Å². The van der Waals surface area contributed by atoms with Crippen LogP contribution in [0.1, 0.15) is 125 Å². The molecule has 3 fully saturated rings. The molecule has 0 radical (unpaired) electrons. The zero-order chi connectivity index (χ0) is 68.8. The van der Waals surface area contributed by atoms with Crippen LogP contribution in [0.25, 0.3) is 21.8 Å². The number of likely N-dealkylation sites (N-methyl/N-ethyl adjacent to an activating group) is 2. The van der Waals surface area contributed by atoms with Crippen molar-refractivity contribution in [3.8, 4) is 11.5 Å². The standard InChI is InChI=1S/C66H84Cl2N11O14PS/c1-35(2)54(75-58(83)40(21-38(5)80)11-8-9-17-69)47(81)22-41(12-10-18-71-61(70)86)57(82)74-44-15-13-39(14-16-44)31-91-63(95)77(7)20-19-76(6)62(87)92-48-23-45-52(50-36(3)27-72-55(48)50)42(25-67)29-78(45)59(84)64-32-65(34-66(64,65)33-64)60(85)79-30-43(26-68)53-46(79)24-49(93-94(88,89)90)56-51(53)37(4)28-73-56/h13-16,23-24,27-28,35,40-43,54,72-73H,8-12,17-22,25-26,29-34,69H2,1-7H3,(H,74,82)(H,75,83)(H3,70,71,86)(H2,88,89,90)/t40-,41-,42-,43-,54+,64?,65?,66?/m1/s1. The SMILES string of the molecule is CC(=O)C[C@@H](CCCCN)C(=O)N[C@H](C(=O)C[C@@H](CCCNC(N)=O)C(=O)Nc1ccc(COC(=S)N(C)CCN(C)C(=O)Oc2cc3c(c4c(C)c[nH]c24)[C@H](CCl)CN3C(=O)C23CC4(C(=O)N5C[C@@H](CCl)c6c5cc(OP(=O)(O)O)c5[nH]cc(C)c65)CC24C3)cc1)C(C)C. The lowest BCUT2D eigenvalue weighted by Crippen LogP contribution is -2.49. The molecular weight excluding hydrogens is 1300 g/mol. The third kappa shape index (κ3) is 13.9. The van der Waals surface area contributed by atoms with Crippen molar-refractivity contribution in [3.05, 3.63) is 76.6 Å². The fourth-order valence-corrected chi connectivity index (χ4v) is 16.1. The minimum Gasteiger partial charge on any atom is -0.466 e. The van der Waals surface area contributed by atoms with Gasteiger partial charge in [-0.05, 0) is 130 Å². The van der Waals surface area contributed by atoms with Crippen molar-refractivity contribution >= 4 is 135 Å². The van der Waals surface area contributed by atoms with E-state index in [1.165, 1.54) is 17.9 Å². The molecular formula is C66H84Cl2N11O14PS. The third-order valence-electron chi connectivity index (χ3n) is 20.0. The largest absolute Gasteiger partial charge is 0.524 e. The number of phosphoric ester groups is 1. The summed E-state index contributed by atoms with van der Waals surface area (Å²) >= 11 is 18.9. The van der Waals surface area contributed by atoms with Crippen LogP contribution in [0.4, 0.5) is 26.7 Å². The summed E-state index contributed by atoms with van der Waals surface area (Å²) in [6.07, 6.45) is 6.40. The number of fused-ring (bicyclic) bond motifs is 6. The van der Waals surface area contributed by atoms with Crippen LogP contribution in [0, 0.1) is 47.8 Å². The number of urea groups is 1. The summed E-state index contributed by atoms with van der Waals surface area (Å²) in [7, 11) is -1.67. The van der Waals surface area contributed by atoms with Crippen molar-refractivity contribution in [2.75, 3.05) is 80.2 Å². The molecule has 5 aromatic rings. The number of primary amides is 1. The number of Topliss-reactive ketones (excluding diaryl/α,β-unsaturated/α-hetero) is 2. The van der Waals surface area contributed by atoms with Crippen molar-refractivity contribution in [3.63, 3.8) is 0 Å². The van der Waals surface area contributed by atoms with Crippen LogP contribution in [-0.4, -0.2) is 153 Å². The number of nitrogens with one attached hydrogen (secondary N) is 5. The molecule has 3 aromatic carbocycles. The first-order valence-corrected chi connectivity index (χ1v) is 35.1. The Balaban J connectivity index is 0.739. The highest BCUT2D eigenvalue weighted by molar-refractivity contribution is 7.80. The van der Waals surface area contributed by atoms with Crippen LogP contribution in [0.15, 0.2) is 48.8 Å². The number of carbonyl (C=O) groups excluding carboxylic acids is 8. The van der Waals surface area contributed by atoms with Gasteiger partial charge in [0.25, 0.3) is 5.17 Å². The fraction of sp³-hybridized carbons (Fsp3) is 0.530. The average molecular weight is 1390 g/mol. The topological polar surface area (TPSA) is 354 Å². The monoisotopic (exact) mass is 1390 g/mol. The number of carbonyl (C=O) groups is 8. The number of H-pyrrole nitrogens is 2. The second-order valence-electron chi connectivity index (χ2n) is 26.8. The van der Waals surface area contributed by atoms with Crippen LogP contribution in [0.2, 0.25) is 0 Å². The summed E-state index contributed by atoms with van der Waals surface area (Å²) < 4.78 is 29.4. The molecule has 2 aromatic heterocycles. The minimum atomic E-state index is -4.99. The Morgan fingerprint density at radius 3 is 1.86 bits per heavy atom. The minimum absolute atomic E-state index is 0.0336. The number of hydrogen-bond acceptors (Lipinski definition) is 14. The summed E-state index contributed by atoms with van der Waals surface area (Å²) in [5.41, 5.74) is 15.3. The number of rotatable bonds is 30. The Kier molecular flexibility index (Phi) is 20.8. The van der Waals surface area contributed by atoms with Gasteiger partial charge in [0.15, 0.2) is 17.3 Å². The molecule has 4 heterocycles. The van der Waals surface area contributed by atoms with Gasteiger partial charge in [-0.15, -0.1) is 23.2 Å². The first kappa shape index (κ1) is 70.5. The van der Waals surface area contributed by atoms with Crippen LogP contribution in [0.3, 0.4) is 0 Å². The number of aromatic amines is 2. The van der Waals surface area contributed by atoms with E-state index in [4.69, 9.17) is 60.9 Å². The molecule has 2 aliphatic heterocycles. The number of aromatic nitrogens is 2. The molecule has 7 amide bonds. The van der Waals surface area contributed by atoms with Gasteiger partial charge in [-0.2, -0.15) is 0 Å². The molecule has 512 valence electrons. The molecule has 25 nitrogen and oxygen atoms in total. The Morgan fingerprint density at radius 1 is 0.789 bits per heavy atom. The normalized spacial score (nSPS) is 21.3. The number of thiocarbonyl (C=S) groups is 1. The summed E-state index contributed by atoms with van der Waals surface area (Å²) in [5, 5.41) is 9.92. The number of aryl methyl sites for hydroxylation is 2. The predicted molar refractivity (Wildman–Crippen MR) is 364 cm³/mol. The van der Waals surface area contributed by atoms with Gasteiger partial charge in [-0.25, -0.2) is 14.2 Å². The summed E-state index contributed by atoms with van der Waals surface area (Å²) in [5.74, 6) is -3.36. The number of unbranched alkanes of at least 4 members (excludes halogenated alkanes) is 1. The molecule has 95 heavy (non-hydrogen) atoms. The Bertz CT molecular complexity index is 3940. The quantitative estimate of drug-likeness (QED) is 0.00898. The third-order valence-corrected chi connectivity index (χ3v) is 21.6. The molecule has 0 bridgehead atoms. The predicted octanol–water partition coefficient (Wildman–Crippen LogP) is 8.64. The number of ether oxygens (including phenoxy) is 2. The fourth-order valence-electron chi connectivity index (χ4n) is 15.0. The first-order valence-electron chi connectivity index (χ1n) is 32.1. The van der Waals surface area contributed by atoms with E-state index in [2.05, 4.69) is 25.9 Å². The molecule has 0 saturated heterocycles. The highest BCUT2D eigenvalue weighted by Crippen LogP contribution is 3.01.